The smallest absolute Gasteiger partial charge is 0.294 e. The van der Waals surface area contributed by atoms with Crippen molar-refractivity contribution in [2.75, 3.05) is 12.8 Å². The van der Waals surface area contributed by atoms with Crippen molar-refractivity contribution < 1.29 is 19.1 Å². The first kappa shape index (κ1) is 26.9. The van der Waals surface area contributed by atoms with Crippen molar-refractivity contribution in [2.45, 2.75) is 10.8 Å². The normalized spacial score (nSPS) is 11.0. The van der Waals surface area contributed by atoms with E-state index in [1.807, 2.05) is 30.3 Å². The number of pyridine rings is 1. The first-order chi connectivity index (χ1) is 19.9. The number of hydrogen-bond donors (Lipinski definition) is 2. The van der Waals surface area contributed by atoms with Crippen LogP contribution >= 0.6 is 11.8 Å². The maximum atomic E-state index is 13.1. The molecule has 0 bridgehead atoms. The molecule has 206 valence electrons. The number of nitrogens with zero attached hydrogens (tertiary/aromatic N) is 8. The van der Waals surface area contributed by atoms with Gasteiger partial charge in [-0.3, -0.25) is 14.9 Å². The van der Waals surface area contributed by atoms with E-state index in [1.165, 1.54) is 30.5 Å². The molecule has 0 unspecified atom stereocenters. The standard InChI is InChI=1S/C25H20N10O5S/c1-39-19-10-5-15(12-17(19)14-41-20-4-2-3-11-27-20)13-28-30-25(36)21-22(16-6-8-18(9-7-16)35(37)38)34(33-29-21)24-23(26)31-40-32-24/h2-13H,14H2,1H3,(H2,26,31)(H,30,36)/b28-13+. The Morgan fingerprint density at radius 1 is 1.22 bits per heavy atom. The Hall–Kier alpha value is -5.64. The Bertz CT molecular complexity index is 1720. The van der Waals surface area contributed by atoms with Gasteiger partial charge in [0.05, 0.1) is 23.3 Å². The molecule has 3 aromatic heterocycles. The number of ether oxygens (including phenoxy) is 1. The molecular weight excluding hydrogens is 552 g/mol. The van der Waals surface area contributed by atoms with Crippen LogP contribution in [0.25, 0.3) is 17.1 Å². The van der Waals surface area contributed by atoms with Gasteiger partial charge in [0.15, 0.2) is 5.69 Å². The largest absolute Gasteiger partial charge is 0.496 e. The van der Waals surface area contributed by atoms with Gasteiger partial charge in [-0.1, -0.05) is 11.3 Å². The number of aromatic nitrogens is 6. The summed E-state index contributed by atoms with van der Waals surface area (Å²) in [5, 5.41) is 31.2. The number of amides is 1. The van der Waals surface area contributed by atoms with Crippen LogP contribution in [-0.4, -0.2) is 54.4 Å². The molecule has 3 N–H and O–H groups in total. The van der Waals surface area contributed by atoms with Crippen LogP contribution in [0.1, 0.15) is 21.6 Å². The summed E-state index contributed by atoms with van der Waals surface area (Å²) in [5.74, 6) is 0.508. The molecule has 0 aliphatic heterocycles. The van der Waals surface area contributed by atoms with Crippen molar-refractivity contribution >= 4 is 35.4 Å². The zero-order chi connectivity index (χ0) is 28.8. The molecule has 0 saturated heterocycles. The number of nitro benzene ring substituents is 1. The fourth-order valence-electron chi connectivity index (χ4n) is 3.72. The highest BCUT2D eigenvalue weighted by Gasteiger charge is 2.25. The Morgan fingerprint density at radius 3 is 2.73 bits per heavy atom. The predicted molar refractivity (Wildman–Crippen MR) is 148 cm³/mol. The molecule has 0 atom stereocenters. The zero-order valence-corrected chi connectivity index (χ0v) is 22.1. The number of benzene rings is 2. The van der Waals surface area contributed by atoms with E-state index in [9.17, 15) is 14.9 Å². The van der Waals surface area contributed by atoms with Crippen LogP contribution in [0, 0.1) is 10.1 Å². The summed E-state index contributed by atoms with van der Waals surface area (Å²) >= 11 is 1.56. The van der Waals surface area contributed by atoms with Gasteiger partial charge in [-0.25, -0.2) is 15.0 Å². The minimum atomic E-state index is -0.699. The number of thioether (sulfide) groups is 1. The number of nitrogens with two attached hydrogens (primary N) is 1. The number of carbonyl (C=O) groups excluding carboxylic acids is 1. The molecule has 0 spiro atoms. The highest BCUT2D eigenvalue weighted by atomic mass is 32.2. The Morgan fingerprint density at radius 2 is 2.05 bits per heavy atom. The lowest BCUT2D eigenvalue weighted by Gasteiger charge is -2.09. The average molecular weight is 573 g/mol. The van der Waals surface area contributed by atoms with Crippen LogP contribution in [-0.2, 0) is 5.75 Å². The molecule has 41 heavy (non-hydrogen) atoms. The van der Waals surface area contributed by atoms with Gasteiger partial charge in [0.25, 0.3) is 11.6 Å². The quantitative estimate of drug-likeness (QED) is 0.107. The molecule has 2 aromatic carbocycles. The fourth-order valence-corrected chi connectivity index (χ4v) is 4.55. The summed E-state index contributed by atoms with van der Waals surface area (Å²) in [6.07, 6.45) is 3.20. The van der Waals surface area contributed by atoms with Crippen molar-refractivity contribution in [3.63, 3.8) is 0 Å². The van der Waals surface area contributed by atoms with Gasteiger partial charge in [0.1, 0.15) is 11.4 Å². The summed E-state index contributed by atoms with van der Waals surface area (Å²) in [7, 11) is 1.59. The van der Waals surface area contributed by atoms with E-state index in [-0.39, 0.29) is 28.7 Å². The van der Waals surface area contributed by atoms with E-state index >= 15 is 0 Å². The topological polar surface area (TPSA) is 202 Å². The minimum Gasteiger partial charge on any atom is -0.496 e. The molecule has 0 radical (unpaired) electrons. The SMILES string of the molecule is COc1ccc(/C=N/NC(=O)c2nnn(-c3nonc3N)c2-c2ccc([N+](=O)[O-])cc2)cc1CSc1ccccn1. The summed E-state index contributed by atoms with van der Waals surface area (Å²) in [4.78, 5) is 28.0. The second-order valence-corrected chi connectivity index (χ2v) is 9.20. The first-order valence-electron chi connectivity index (χ1n) is 11.8. The molecule has 0 aliphatic rings. The molecule has 15 nitrogen and oxygen atoms in total. The predicted octanol–water partition coefficient (Wildman–Crippen LogP) is 3.27. The third kappa shape index (κ3) is 6.01. The van der Waals surface area contributed by atoms with Gasteiger partial charge in [-0.2, -0.15) is 9.78 Å². The lowest BCUT2D eigenvalue weighted by molar-refractivity contribution is -0.384. The van der Waals surface area contributed by atoms with E-state index in [4.69, 9.17) is 10.5 Å². The number of non-ortho nitro benzene ring substituents is 1. The number of nitrogens with one attached hydrogen (secondary N) is 1. The summed E-state index contributed by atoms with van der Waals surface area (Å²) < 4.78 is 11.3. The second-order valence-electron chi connectivity index (χ2n) is 8.20. The molecule has 5 aromatic rings. The zero-order valence-electron chi connectivity index (χ0n) is 21.2. The van der Waals surface area contributed by atoms with Gasteiger partial charge in [0, 0.05) is 35.2 Å². The molecule has 3 heterocycles. The molecule has 0 saturated carbocycles. The number of hydrazone groups is 1. The summed E-state index contributed by atoms with van der Waals surface area (Å²) in [6, 6.07) is 16.6. The lowest BCUT2D eigenvalue weighted by atomic mass is 10.1. The molecule has 0 aliphatic carbocycles. The van der Waals surface area contributed by atoms with Gasteiger partial charge in [-0.15, -0.1) is 16.9 Å². The van der Waals surface area contributed by atoms with Gasteiger partial charge < -0.3 is 10.5 Å². The summed E-state index contributed by atoms with van der Waals surface area (Å²) in [6.45, 7) is 0. The van der Waals surface area contributed by atoms with Gasteiger partial charge >= 0.3 is 0 Å². The lowest BCUT2D eigenvalue weighted by Crippen LogP contribution is -2.19. The van der Waals surface area contributed by atoms with E-state index in [0.717, 1.165) is 15.3 Å². The van der Waals surface area contributed by atoms with Crippen molar-refractivity contribution in [3.05, 3.63) is 93.8 Å². The Balaban J connectivity index is 1.38. The third-order valence-electron chi connectivity index (χ3n) is 5.63. The molecular formula is C25H20N10O5S. The van der Waals surface area contributed by atoms with Crippen molar-refractivity contribution in [3.8, 4) is 22.8 Å². The molecule has 16 heteroatoms. The molecule has 5 rings (SSSR count). The third-order valence-corrected chi connectivity index (χ3v) is 6.62. The number of nitrogen functional groups attached to an aromatic ring is 1. The second kappa shape index (κ2) is 12.0. The molecule has 0 fully saturated rings. The van der Waals surface area contributed by atoms with E-state index in [1.54, 1.807) is 31.1 Å². The van der Waals surface area contributed by atoms with Crippen molar-refractivity contribution in [1.29, 1.82) is 0 Å². The van der Waals surface area contributed by atoms with Crippen LogP contribution in [0.2, 0.25) is 0 Å². The Kier molecular flexibility index (Phi) is 7.91. The van der Waals surface area contributed by atoms with Crippen LogP contribution in [0.4, 0.5) is 11.5 Å². The van der Waals surface area contributed by atoms with Crippen LogP contribution in [0.3, 0.4) is 0 Å². The van der Waals surface area contributed by atoms with E-state index in [2.05, 4.69) is 40.8 Å². The highest BCUT2D eigenvalue weighted by Crippen LogP contribution is 2.29. The van der Waals surface area contributed by atoms with Crippen LogP contribution < -0.4 is 15.9 Å². The van der Waals surface area contributed by atoms with Crippen LogP contribution in [0.5, 0.6) is 5.75 Å². The first-order valence-corrected chi connectivity index (χ1v) is 12.8. The van der Waals surface area contributed by atoms with Crippen molar-refractivity contribution in [1.82, 2.24) is 35.7 Å². The number of hydrogen-bond acceptors (Lipinski definition) is 13. The minimum absolute atomic E-state index is 0.0114. The fraction of sp³-hybridized carbons (Fsp3) is 0.0800. The monoisotopic (exact) mass is 572 g/mol. The molecule has 1 amide bonds. The highest BCUT2D eigenvalue weighted by molar-refractivity contribution is 7.98. The number of nitro groups is 1. The van der Waals surface area contributed by atoms with E-state index in [0.29, 0.717) is 22.6 Å². The maximum absolute atomic E-state index is 13.1. The van der Waals surface area contributed by atoms with Gasteiger partial charge in [0.2, 0.25) is 11.6 Å². The maximum Gasteiger partial charge on any atom is 0.294 e. The van der Waals surface area contributed by atoms with Gasteiger partial charge in [-0.05, 0) is 58.3 Å². The number of methoxy groups -OCH3 is 1. The number of rotatable bonds is 10. The van der Waals surface area contributed by atoms with E-state index < -0.39 is 10.8 Å². The Labute approximate surface area is 235 Å². The van der Waals surface area contributed by atoms with Crippen molar-refractivity contribution in [2.24, 2.45) is 5.10 Å². The number of anilines is 1. The number of carbonyl (C=O) groups is 1. The average Bonchev–Trinajstić information content (AvgIpc) is 3.62. The summed E-state index contributed by atoms with van der Waals surface area (Å²) in [5.41, 5.74) is 10.1. The van der Waals surface area contributed by atoms with Crippen LogP contribution in [0.15, 0.2) is 81.6 Å².